The van der Waals surface area contributed by atoms with Gasteiger partial charge in [-0.1, -0.05) is 32.1 Å². The second-order valence-corrected chi connectivity index (χ2v) is 10.0. The number of aliphatic hydroxyl groups excluding tert-OH is 1. The van der Waals surface area contributed by atoms with Gasteiger partial charge in [-0.05, 0) is 83.0 Å². The minimum atomic E-state index is -1.05. The zero-order valence-electron chi connectivity index (χ0n) is 22.0. The van der Waals surface area contributed by atoms with Gasteiger partial charge in [-0.15, -0.1) is 0 Å². The third-order valence-electron chi connectivity index (χ3n) is 7.01. The number of carbonyl (C=O) groups excluding carboxylic acids is 1. The Labute approximate surface area is 221 Å². The molecule has 200 valence electrons. The number of hydrogen-bond acceptors (Lipinski definition) is 5. The van der Waals surface area contributed by atoms with Gasteiger partial charge in [0.25, 0.3) is 0 Å². The van der Waals surface area contributed by atoms with Gasteiger partial charge in [-0.25, -0.2) is 8.78 Å². The summed E-state index contributed by atoms with van der Waals surface area (Å²) in [7, 11) is 2.76. The van der Waals surface area contributed by atoms with Crippen molar-refractivity contribution in [3.8, 4) is 22.6 Å². The van der Waals surface area contributed by atoms with Crippen LogP contribution in [0.2, 0.25) is 0 Å². The maximum absolute atomic E-state index is 15.5. The second kappa shape index (κ2) is 11.4. The van der Waals surface area contributed by atoms with Crippen LogP contribution >= 0.6 is 0 Å². The lowest BCUT2D eigenvalue weighted by atomic mass is 9.79. The van der Waals surface area contributed by atoms with Crippen LogP contribution in [0, 0.1) is 17.0 Å². The number of halogens is 2. The highest BCUT2D eigenvalue weighted by Gasteiger charge is 2.31. The van der Waals surface area contributed by atoms with Crippen LogP contribution < -0.4 is 9.47 Å². The summed E-state index contributed by atoms with van der Waals surface area (Å²) in [6, 6.07) is 14.2. The van der Waals surface area contributed by atoms with Gasteiger partial charge < -0.3 is 19.3 Å². The number of allylic oxidation sites excluding steroid dienone is 2. The van der Waals surface area contributed by atoms with Crippen molar-refractivity contribution in [1.82, 2.24) is 0 Å². The van der Waals surface area contributed by atoms with E-state index >= 15 is 4.39 Å². The van der Waals surface area contributed by atoms with Gasteiger partial charge >= 0.3 is 5.97 Å². The van der Waals surface area contributed by atoms with Gasteiger partial charge in [0, 0.05) is 11.1 Å². The second-order valence-electron chi connectivity index (χ2n) is 10.0. The third kappa shape index (κ3) is 5.89. The molecule has 3 aromatic rings. The van der Waals surface area contributed by atoms with E-state index in [1.165, 1.54) is 32.4 Å². The van der Waals surface area contributed by atoms with E-state index in [1.807, 2.05) is 0 Å². The van der Waals surface area contributed by atoms with Gasteiger partial charge in [0.05, 0.1) is 26.7 Å². The van der Waals surface area contributed by atoms with Crippen LogP contribution in [-0.2, 0) is 16.1 Å². The maximum atomic E-state index is 15.5. The number of esters is 1. The molecule has 0 fully saturated rings. The van der Waals surface area contributed by atoms with Crippen LogP contribution in [0.1, 0.15) is 55.9 Å². The average molecular weight is 523 g/mol. The van der Waals surface area contributed by atoms with E-state index < -0.39 is 23.7 Å². The van der Waals surface area contributed by atoms with E-state index in [9.17, 15) is 14.3 Å². The Balaban J connectivity index is 1.68. The van der Waals surface area contributed by atoms with Crippen LogP contribution in [0.4, 0.5) is 8.78 Å². The molecule has 0 spiro atoms. The van der Waals surface area contributed by atoms with E-state index in [-0.39, 0.29) is 24.0 Å². The molecule has 1 aliphatic carbocycles. The third-order valence-corrected chi connectivity index (χ3v) is 7.01. The molecule has 0 saturated carbocycles. The predicted octanol–water partition coefficient (Wildman–Crippen LogP) is 7.02. The molecule has 4 rings (SSSR count). The Morgan fingerprint density at radius 3 is 2.45 bits per heavy atom. The van der Waals surface area contributed by atoms with Crippen molar-refractivity contribution in [3.05, 3.63) is 89.0 Å². The largest absolute Gasteiger partial charge is 0.497 e. The summed E-state index contributed by atoms with van der Waals surface area (Å²) in [5.41, 5.74) is 3.14. The molecule has 0 radical (unpaired) electrons. The van der Waals surface area contributed by atoms with Crippen molar-refractivity contribution in [2.45, 2.75) is 45.8 Å². The van der Waals surface area contributed by atoms with Gasteiger partial charge in [0.1, 0.15) is 29.7 Å². The first kappa shape index (κ1) is 27.3. The first-order valence-electron chi connectivity index (χ1n) is 12.5. The van der Waals surface area contributed by atoms with Gasteiger partial charge in [0.15, 0.2) is 0 Å². The highest BCUT2D eigenvalue weighted by Crippen LogP contribution is 2.47. The fourth-order valence-electron chi connectivity index (χ4n) is 4.81. The lowest BCUT2D eigenvalue weighted by molar-refractivity contribution is -0.142. The van der Waals surface area contributed by atoms with Gasteiger partial charge in [-0.3, -0.25) is 4.79 Å². The molecule has 0 heterocycles. The summed E-state index contributed by atoms with van der Waals surface area (Å²) in [5, 5.41) is 10.3. The topological polar surface area (TPSA) is 65.0 Å². The van der Waals surface area contributed by atoms with Crippen LogP contribution in [0.25, 0.3) is 16.7 Å². The van der Waals surface area contributed by atoms with E-state index in [2.05, 4.69) is 24.7 Å². The molecule has 1 aliphatic rings. The summed E-state index contributed by atoms with van der Waals surface area (Å²) in [5.74, 6) is -0.627. The van der Waals surface area contributed by atoms with Crippen molar-refractivity contribution < 1.29 is 32.9 Å². The molecule has 38 heavy (non-hydrogen) atoms. The first-order valence-corrected chi connectivity index (χ1v) is 12.5. The highest BCUT2D eigenvalue weighted by molar-refractivity contribution is 5.85. The first-order chi connectivity index (χ1) is 18.1. The molecule has 7 heteroatoms. The molecule has 0 amide bonds. The SMILES string of the molecule is COC(=O)C[C@@H](O)c1cccc(OCc2cc(C3=CCCC3(C)C)c(-c3cc(OC)ccc3F)cc2F)c1. The Morgan fingerprint density at radius 2 is 1.76 bits per heavy atom. The molecule has 0 bridgehead atoms. The zero-order valence-corrected chi connectivity index (χ0v) is 22.0. The summed E-state index contributed by atoms with van der Waals surface area (Å²) in [6.45, 7) is 4.17. The minimum Gasteiger partial charge on any atom is -0.497 e. The van der Waals surface area contributed by atoms with Crippen molar-refractivity contribution in [2.24, 2.45) is 5.41 Å². The average Bonchev–Trinajstić information content (AvgIpc) is 3.26. The van der Waals surface area contributed by atoms with Gasteiger partial charge in [-0.2, -0.15) is 0 Å². The maximum Gasteiger partial charge on any atom is 0.308 e. The Hall–Kier alpha value is -3.71. The van der Waals surface area contributed by atoms with E-state index in [1.54, 1.807) is 36.4 Å². The standard InChI is InChI=1S/C31H32F2O5/c1-31(2)12-6-9-26(31)24-14-20(28(33)16-23(24)25-15-21(36-3)10-11-27(25)32)18-38-22-8-5-7-19(13-22)29(34)17-30(35)37-4/h5,7-11,13-16,29,34H,6,12,17-18H2,1-4H3/t29-/m1/s1. The van der Waals surface area contributed by atoms with Gasteiger partial charge in [0.2, 0.25) is 0 Å². The summed E-state index contributed by atoms with van der Waals surface area (Å²) < 4.78 is 46.2. The molecule has 1 N–H and O–H groups in total. The summed E-state index contributed by atoms with van der Waals surface area (Å²) >= 11 is 0. The van der Waals surface area contributed by atoms with Crippen LogP contribution in [0.15, 0.2) is 60.7 Å². The lowest BCUT2D eigenvalue weighted by Crippen LogP contribution is -2.11. The van der Waals surface area contributed by atoms with Crippen LogP contribution in [0.3, 0.4) is 0 Å². The number of carbonyl (C=O) groups is 1. The molecule has 0 unspecified atom stereocenters. The Kier molecular flexibility index (Phi) is 8.17. The quantitative estimate of drug-likeness (QED) is 0.306. The van der Waals surface area contributed by atoms with E-state index in [0.717, 1.165) is 24.0 Å². The Morgan fingerprint density at radius 1 is 0.974 bits per heavy atom. The van der Waals surface area contributed by atoms with E-state index in [0.29, 0.717) is 28.2 Å². The lowest BCUT2D eigenvalue weighted by Gasteiger charge is -2.26. The zero-order chi connectivity index (χ0) is 27.4. The molecular weight excluding hydrogens is 490 g/mol. The Bertz CT molecular complexity index is 1360. The fraction of sp³-hybridized carbons (Fsp3) is 0.323. The normalized spacial score (nSPS) is 15.1. The van der Waals surface area contributed by atoms with Crippen molar-refractivity contribution in [1.29, 1.82) is 0 Å². The highest BCUT2D eigenvalue weighted by atomic mass is 19.1. The fourth-order valence-corrected chi connectivity index (χ4v) is 4.81. The molecule has 1 atom stereocenters. The number of methoxy groups -OCH3 is 2. The molecule has 0 saturated heterocycles. The number of ether oxygens (including phenoxy) is 3. The van der Waals surface area contributed by atoms with Crippen LogP contribution in [0.5, 0.6) is 11.5 Å². The van der Waals surface area contributed by atoms with E-state index in [4.69, 9.17) is 9.47 Å². The van der Waals surface area contributed by atoms with Crippen molar-refractivity contribution in [2.75, 3.05) is 14.2 Å². The van der Waals surface area contributed by atoms with Crippen LogP contribution in [-0.4, -0.2) is 25.3 Å². The number of rotatable bonds is 9. The van der Waals surface area contributed by atoms with Crippen molar-refractivity contribution >= 4 is 11.5 Å². The number of hydrogen-bond donors (Lipinski definition) is 1. The molecule has 0 aromatic heterocycles. The monoisotopic (exact) mass is 522 g/mol. The van der Waals surface area contributed by atoms with Crippen molar-refractivity contribution in [3.63, 3.8) is 0 Å². The molecule has 0 aliphatic heterocycles. The summed E-state index contributed by atoms with van der Waals surface area (Å²) in [4.78, 5) is 11.5. The molecular formula is C31H32F2O5. The predicted molar refractivity (Wildman–Crippen MR) is 142 cm³/mol. The molecule has 3 aromatic carbocycles. The minimum absolute atomic E-state index is 0.0794. The number of benzene rings is 3. The summed E-state index contributed by atoms with van der Waals surface area (Å²) in [6.07, 6.45) is 2.71. The number of aliphatic hydroxyl groups is 1. The molecule has 5 nitrogen and oxygen atoms in total. The smallest absolute Gasteiger partial charge is 0.308 e.